The smallest absolute Gasteiger partial charge is 0.407 e. The van der Waals surface area contributed by atoms with E-state index in [1.54, 1.807) is 6.07 Å². The molecule has 0 bridgehead atoms. The average molecular weight is 319 g/mol. The van der Waals surface area contributed by atoms with Crippen LogP contribution in [-0.4, -0.2) is 32.1 Å². The van der Waals surface area contributed by atoms with Crippen LogP contribution in [0.2, 0.25) is 0 Å². The Morgan fingerprint density at radius 1 is 1.26 bits per heavy atom. The summed E-state index contributed by atoms with van der Waals surface area (Å²) in [6.45, 7) is 1.90. The molecule has 124 valence electrons. The molecular formula is C17H21NO5. The highest BCUT2D eigenvalue weighted by Gasteiger charge is 2.56. The number of rotatable bonds is 4. The number of nitrogens with one attached hydrogen (secondary N) is 1. The Balaban J connectivity index is 2.56. The first-order chi connectivity index (χ1) is 11.0. The van der Waals surface area contributed by atoms with Crippen LogP contribution < -0.4 is 5.32 Å². The Morgan fingerprint density at radius 2 is 2.00 bits per heavy atom. The number of Topliss-reactive ketones (excluding diaryl/α,β-unsaturated/α-hetero) is 1. The molecule has 1 N–H and O–H groups in total. The normalized spacial score (nSPS) is 21.6. The third-order valence-corrected chi connectivity index (χ3v) is 4.34. The van der Waals surface area contributed by atoms with Crippen molar-refractivity contribution < 1.29 is 23.9 Å². The first kappa shape index (κ1) is 17.0. The molecule has 6 nitrogen and oxygen atoms in total. The zero-order chi connectivity index (χ0) is 17.0. The summed E-state index contributed by atoms with van der Waals surface area (Å²) in [5.74, 6) is -0.838. The first-order valence-corrected chi connectivity index (χ1v) is 7.48. The van der Waals surface area contributed by atoms with Crippen molar-refractivity contribution in [1.29, 1.82) is 0 Å². The highest BCUT2D eigenvalue weighted by molar-refractivity contribution is 6.06. The van der Waals surface area contributed by atoms with Gasteiger partial charge in [0.2, 0.25) is 0 Å². The van der Waals surface area contributed by atoms with Gasteiger partial charge in [0, 0.05) is 6.42 Å². The second-order valence-electron chi connectivity index (χ2n) is 5.72. The summed E-state index contributed by atoms with van der Waals surface area (Å²) in [5, 5.41) is 2.66. The average Bonchev–Trinajstić information content (AvgIpc) is 2.93. The Kier molecular flexibility index (Phi) is 5.03. The molecule has 1 fully saturated rings. The number of amides is 1. The van der Waals surface area contributed by atoms with E-state index < -0.39 is 23.5 Å². The van der Waals surface area contributed by atoms with Crippen LogP contribution in [0.25, 0.3) is 0 Å². The summed E-state index contributed by atoms with van der Waals surface area (Å²) >= 11 is 0. The van der Waals surface area contributed by atoms with Crippen molar-refractivity contribution in [2.75, 3.05) is 14.2 Å². The minimum Gasteiger partial charge on any atom is -0.468 e. The second kappa shape index (κ2) is 6.81. The molecule has 1 aliphatic carbocycles. The van der Waals surface area contributed by atoms with Crippen LogP contribution in [0.15, 0.2) is 24.3 Å². The lowest BCUT2D eigenvalue weighted by Crippen LogP contribution is -2.49. The molecule has 1 aromatic carbocycles. The standard InChI is InChI=1S/C17H21NO5/c1-11-6-4-7-12(10-11)14(18-16(21)23-3)17(15(20)22-2)9-5-8-13(17)19/h4,6-7,10,14H,5,8-9H2,1-3H3,(H,18,21)/t14?,17-/m0/s1. The first-order valence-electron chi connectivity index (χ1n) is 7.48. The Bertz CT molecular complexity index is 627. The quantitative estimate of drug-likeness (QED) is 0.680. The van der Waals surface area contributed by atoms with Gasteiger partial charge >= 0.3 is 12.1 Å². The molecule has 23 heavy (non-hydrogen) atoms. The Morgan fingerprint density at radius 3 is 2.52 bits per heavy atom. The molecule has 0 heterocycles. The Hall–Kier alpha value is -2.37. The lowest BCUT2D eigenvalue weighted by molar-refractivity contribution is -0.158. The van der Waals surface area contributed by atoms with Gasteiger partial charge in [-0.1, -0.05) is 29.8 Å². The molecule has 1 saturated carbocycles. The zero-order valence-corrected chi connectivity index (χ0v) is 13.5. The monoisotopic (exact) mass is 319 g/mol. The van der Waals surface area contributed by atoms with Crippen molar-refractivity contribution in [2.24, 2.45) is 5.41 Å². The predicted octanol–water partition coefficient (Wildman–Crippen LogP) is 2.30. The third-order valence-electron chi connectivity index (χ3n) is 4.34. The molecule has 1 amide bonds. The van der Waals surface area contributed by atoms with Gasteiger partial charge in [0.1, 0.15) is 0 Å². The molecule has 2 atom stereocenters. The van der Waals surface area contributed by atoms with Crippen LogP contribution in [0.4, 0.5) is 4.79 Å². The van der Waals surface area contributed by atoms with Crippen LogP contribution in [0.5, 0.6) is 0 Å². The summed E-state index contributed by atoms with van der Waals surface area (Å²) < 4.78 is 9.58. The van der Waals surface area contributed by atoms with Crippen LogP contribution in [0.1, 0.15) is 36.4 Å². The van der Waals surface area contributed by atoms with E-state index in [0.29, 0.717) is 24.8 Å². The maximum atomic E-state index is 12.6. The summed E-state index contributed by atoms with van der Waals surface area (Å²) in [7, 11) is 2.49. The predicted molar refractivity (Wildman–Crippen MR) is 82.8 cm³/mol. The van der Waals surface area contributed by atoms with E-state index in [0.717, 1.165) is 5.56 Å². The number of aryl methyl sites for hydroxylation is 1. The van der Waals surface area contributed by atoms with E-state index >= 15 is 0 Å². The molecule has 0 aliphatic heterocycles. The highest BCUT2D eigenvalue weighted by atomic mass is 16.5. The van der Waals surface area contributed by atoms with Gasteiger partial charge in [-0.05, 0) is 25.3 Å². The number of ketones is 1. The summed E-state index contributed by atoms with van der Waals surface area (Å²) in [5.41, 5.74) is 0.233. The van der Waals surface area contributed by atoms with Crippen LogP contribution in [0.3, 0.4) is 0 Å². The van der Waals surface area contributed by atoms with Gasteiger partial charge in [0.05, 0.1) is 20.3 Å². The van der Waals surface area contributed by atoms with Gasteiger partial charge in [-0.3, -0.25) is 9.59 Å². The summed E-state index contributed by atoms with van der Waals surface area (Å²) in [4.78, 5) is 36.9. The van der Waals surface area contributed by atoms with Crippen LogP contribution in [-0.2, 0) is 19.1 Å². The number of hydrogen-bond donors (Lipinski definition) is 1. The van der Waals surface area contributed by atoms with Gasteiger partial charge in [-0.2, -0.15) is 0 Å². The summed E-state index contributed by atoms with van der Waals surface area (Å²) in [6, 6.07) is 6.53. The number of hydrogen-bond acceptors (Lipinski definition) is 5. The zero-order valence-electron chi connectivity index (χ0n) is 13.5. The van der Waals surface area contributed by atoms with Crippen molar-refractivity contribution in [1.82, 2.24) is 5.32 Å². The molecule has 1 aliphatic rings. The lowest BCUT2D eigenvalue weighted by atomic mass is 9.74. The minimum absolute atomic E-state index is 0.216. The number of benzene rings is 1. The minimum atomic E-state index is -1.41. The van der Waals surface area contributed by atoms with Gasteiger partial charge in [0.25, 0.3) is 0 Å². The van der Waals surface area contributed by atoms with E-state index in [1.807, 2.05) is 25.1 Å². The molecule has 2 rings (SSSR count). The fourth-order valence-electron chi connectivity index (χ4n) is 3.23. The van der Waals surface area contributed by atoms with Crippen molar-refractivity contribution in [3.05, 3.63) is 35.4 Å². The Labute approximate surface area is 135 Å². The van der Waals surface area contributed by atoms with Gasteiger partial charge in [-0.15, -0.1) is 0 Å². The molecular weight excluding hydrogens is 298 g/mol. The third kappa shape index (κ3) is 3.06. The fraction of sp³-hybridized carbons (Fsp3) is 0.471. The lowest BCUT2D eigenvalue weighted by Gasteiger charge is -2.34. The van der Waals surface area contributed by atoms with E-state index in [-0.39, 0.29) is 5.78 Å². The molecule has 0 saturated heterocycles. The van der Waals surface area contributed by atoms with Crippen molar-refractivity contribution >= 4 is 17.8 Å². The molecule has 1 unspecified atom stereocenters. The number of carbonyl (C=O) groups excluding carboxylic acids is 3. The van der Waals surface area contributed by atoms with Crippen molar-refractivity contribution in [3.63, 3.8) is 0 Å². The van der Waals surface area contributed by atoms with E-state index in [1.165, 1.54) is 14.2 Å². The van der Waals surface area contributed by atoms with Crippen molar-refractivity contribution in [2.45, 2.75) is 32.2 Å². The van der Waals surface area contributed by atoms with Crippen LogP contribution >= 0.6 is 0 Å². The molecule has 0 spiro atoms. The maximum absolute atomic E-state index is 12.6. The largest absolute Gasteiger partial charge is 0.468 e. The topological polar surface area (TPSA) is 81.7 Å². The number of esters is 1. The fourth-order valence-corrected chi connectivity index (χ4v) is 3.23. The molecule has 0 radical (unpaired) electrons. The molecule has 6 heteroatoms. The molecule has 1 aromatic rings. The number of alkyl carbamates (subject to hydrolysis) is 1. The second-order valence-corrected chi connectivity index (χ2v) is 5.72. The number of carbonyl (C=O) groups is 3. The van der Waals surface area contributed by atoms with E-state index in [2.05, 4.69) is 10.1 Å². The van der Waals surface area contributed by atoms with E-state index in [4.69, 9.17) is 4.74 Å². The summed E-state index contributed by atoms with van der Waals surface area (Å²) in [6.07, 6.45) is 0.514. The van der Waals surface area contributed by atoms with E-state index in [9.17, 15) is 14.4 Å². The van der Waals surface area contributed by atoms with Gasteiger partial charge < -0.3 is 14.8 Å². The van der Waals surface area contributed by atoms with Crippen LogP contribution in [0, 0.1) is 12.3 Å². The van der Waals surface area contributed by atoms with Gasteiger partial charge in [0.15, 0.2) is 11.2 Å². The number of methoxy groups -OCH3 is 2. The molecule has 0 aromatic heterocycles. The highest BCUT2D eigenvalue weighted by Crippen LogP contribution is 2.46. The SMILES string of the molecule is COC(=O)NC(c1cccc(C)c1)[C@]1(C(=O)OC)CCCC1=O. The maximum Gasteiger partial charge on any atom is 0.407 e. The van der Waals surface area contributed by atoms with Crippen molar-refractivity contribution in [3.8, 4) is 0 Å². The number of ether oxygens (including phenoxy) is 2. The van der Waals surface area contributed by atoms with Gasteiger partial charge in [-0.25, -0.2) is 4.79 Å².